The van der Waals surface area contributed by atoms with Gasteiger partial charge in [0, 0.05) is 24.1 Å². The van der Waals surface area contributed by atoms with Gasteiger partial charge in [0.05, 0.1) is 0 Å². The fourth-order valence-electron chi connectivity index (χ4n) is 2.43. The summed E-state index contributed by atoms with van der Waals surface area (Å²) in [5.74, 6) is -0.0628. The normalized spacial score (nSPS) is 14.0. The molecule has 0 fully saturated rings. The van der Waals surface area contributed by atoms with Gasteiger partial charge in [-0.2, -0.15) is 0 Å². The number of fused-ring (bicyclic) bond motifs is 1. The third-order valence-corrected chi connectivity index (χ3v) is 3.36. The van der Waals surface area contributed by atoms with Crippen LogP contribution in [0.2, 0.25) is 0 Å². The van der Waals surface area contributed by atoms with Crippen molar-refractivity contribution in [3.8, 4) is 0 Å². The molecule has 1 aliphatic rings. The number of aryl methyl sites for hydroxylation is 1. The zero-order valence-corrected chi connectivity index (χ0v) is 10.5. The van der Waals surface area contributed by atoms with Crippen LogP contribution in [0.15, 0.2) is 42.6 Å². The van der Waals surface area contributed by atoms with E-state index < -0.39 is 0 Å². The maximum atomic E-state index is 12.5. The van der Waals surface area contributed by atoms with Crippen molar-refractivity contribution in [2.45, 2.75) is 12.8 Å². The lowest BCUT2D eigenvalue weighted by Crippen LogP contribution is -2.36. The van der Waals surface area contributed by atoms with Crippen LogP contribution in [0.25, 0.3) is 0 Å². The molecule has 3 rings (SSSR count). The van der Waals surface area contributed by atoms with Gasteiger partial charge < -0.3 is 10.6 Å². The van der Waals surface area contributed by atoms with E-state index in [4.69, 9.17) is 5.73 Å². The van der Waals surface area contributed by atoms with E-state index in [0.29, 0.717) is 17.9 Å². The number of nitrogens with zero attached hydrogens (tertiary/aromatic N) is 2. The number of carbonyl (C=O) groups excluding carboxylic acids is 1. The highest BCUT2D eigenvalue weighted by Crippen LogP contribution is 2.29. The van der Waals surface area contributed by atoms with E-state index in [0.717, 1.165) is 18.5 Å². The van der Waals surface area contributed by atoms with Gasteiger partial charge in [0.1, 0.15) is 5.69 Å². The van der Waals surface area contributed by atoms with Gasteiger partial charge in [0.15, 0.2) is 0 Å². The van der Waals surface area contributed by atoms with Crippen molar-refractivity contribution < 1.29 is 4.79 Å². The lowest BCUT2D eigenvalue weighted by atomic mass is 10.0. The zero-order chi connectivity index (χ0) is 13.2. The molecule has 0 spiro atoms. The predicted molar refractivity (Wildman–Crippen MR) is 75.1 cm³/mol. The van der Waals surface area contributed by atoms with E-state index in [1.807, 2.05) is 24.3 Å². The van der Waals surface area contributed by atoms with Gasteiger partial charge in [-0.15, -0.1) is 0 Å². The quantitative estimate of drug-likeness (QED) is 0.793. The van der Waals surface area contributed by atoms with E-state index in [1.165, 1.54) is 5.56 Å². The second-order valence-corrected chi connectivity index (χ2v) is 4.66. The first-order chi connectivity index (χ1) is 9.25. The van der Waals surface area contributed by atoms with E-state index in [2.05, 4.69) is 4.98 Å². The average molecular weight is 253 g/mol. The first-order valence-electron chi connectivity index (χ1n) is 6.37. The number of carbonyl (C=O) groups is 1. The standard InChI is InChI=1S/C15H15N3O/c16-12-7-6-11-4-3-9-18(14(11)10-12)15(19)13-5-1-2-8-17-13/h1-2,5-8,10H,3-4,9,16H2. The van der Waals surface area contributed by atoms with Gasteiger partial charge in [0.25, 0.3) is 5.91 Å². The minimum Gasteiger partial charge on any atom is -0.399 e. The fourth-order valence-corrected chi connectivity index (χ4v) is 2.43. The summed E-state index contributed by atoms with van der Waals surface area (Å²) in [6.07, 6.45) is 3.59. The van der Waals surface area contributed by atoms with E-state index in [9.17, 15) is 4.79 Å². The molecule has 4 heteroatoms. The molecular formula is C15H15N3O. The Kier molecular flexibility index (Phi) is 2.91. The second-order valence-electron chi connectivity index (χ2n) is 4.66. The number of hydrogen-bond donors (Lipinski definition) is 1. The summed E-state index contributed by atoms with van der Waals surface area (Å²) in [5.41, 5.74) is 9.07. The lowest BCUT2D eigenvalue weighted by molar-refractivity contribution is 0.0980. The monoisotopic (exact) mass is 253 g/mol. The molecule has 1 aromatic heterocycles. The Balaban J connectivity index is 2.00. The summed E-state index contributed by atoms with van der Waals surface area (Å²) in [6.45, 7) is 0.714. The van der Waals surface area contributed by atoms with Crippen molar-refractivity contribution in [2.75, 3.05) is 17.2 Å². The molecule has 1 amide bonds. The van der Waals surface area contributed by atoms with Gasteiger partial charge in [-0.1, -0.05) is 12.1 Å². The van der Waals surface area contributed by atoms with Gasteiger partial charge in [-0.3, -0.25) is 9.78 Å². The summed E-state index contributed by atoms with van der Waals surface area (Å²) >= 11 is 0. The molecule has 1 aromatic carbocycles. The van der Waals surface area contributed by atoms with Gasteiger partial charge in [0.2, 0.25) is 0 Å². The topological polar surface area (TPSA) is 59.2 Å². The molecule has 2 heterocycles. The SMILES string of the molecule is Nc1ccc2c(c1)N(C(=O)c1ccccn1)CCC2. The molecule has 1 aliphatic heterocycles. The molecular weight excluding hydrogens is 238 g/mol. The number of pyridine rings is 1. The first-order valence-corrected chi connectivity index (χ1v) is 6.37. The van der Waals surface area contributed by atoms with Crippen LogP contribution in [0.3, 0.4) is 0 Å². The van der Waals surface area contributed by atoms with Crippen LogP contribution in [0.4, 0.5) is 11.4 Å². The Morgan fingerprint density at radius 2 is 2.16 bits per heavy atom. The third kappa shape index (κ3) is 2.17. The lowest BCUT2D eigenvalue weighted by Gasteiger charge is -2.29. The highest BCUT2D eigenvalue weighted by Gasteiger charge is 2.24. The van der Waals surface area contributed by atoms with Crippen molar-refractivity contribution in [2.24, 2.45) is 0 Å². The Bertz CT molecular complexity index is 610. The molecule has 19 heavy (non-hydrogen) atoms. The Hall–Kier alpha value is -2.36. The van der Waals surface area contributed by atoms with E-state index in [-0.39, 0.29) is 5.91 Å². The summed E-state index contributed by atoms with van der Waals surface area (Å²) in [4.78, 5) is 18.4. The van der Waals surface area contributed by atoms with Crippen molar-refractivity contribution in [3.05, 3.63) is 53.9 Å². The maximum Gasteiger partial charge on any atom is 0.276 e. The summed E-state index contributed by atoms with van der Waals surface area (Å²) in [6, 6.07) is 11.1. The number of nitrogen functional groups attached to an aromatic ring is 1. The van der Waals surface area contributed by atoms with Crippen LogP contribution in [0.1, 0.15) is 22.5 Å². The summed E-state index contributed by atoms with van der Waals surface area (Å²) in [5, 5.41) is 0. The molecule has 0 unspecified atom stereocenters. The first kappa shape index (κ1) is 11.7. The molecule has 0 radical (unpaired) electrons. The number of amides is 1. The fraction of sp³-hybridized carbons (Fsp3) is 0.200. The molecule has 96 valence electrons. The average Bonchev–Trinajstić information content (AvgIpc) is 2.47. The van der Waals surface area contributed by atoms with Crippen molar-refractivity contribution in [1.29, 1.82) is 0 Å². The number of nitrogens with two attached hydrogens (primary N) is 1. The van der Waals surface area contributed by atoms with Crippen LogP contribution >= 0.6 is 0 Å². The summed E-state index contributed by atoms with van der Waals surface area (Å²) in [7, 11) is 0. The smallest absolute Gasteiger partial charge is 0.276 e. The number of rotatable bonds is 1. The number of anilines is 2. The molecule has 0 saturated carbocycles. The van der Waals surface area contributed by atoms with Crippen molar-refractivity contribution in [3.63, 3.8) is 0 Å². The van der Waals surface area contributed by atoms with Gasteiger partial charge >= 0.3 is 0 Å². The van der Waals surface area contributed by atoms with Gasteiger partial charge in [-0.05, 0) is 42.7 Å². The Labute approximate surface area is 111 Å². The van der Waals surface area contributed by atoms with Crippen LogP contribution < -0.4 is 10.6 Å². The van der Waals surface area contributed by atoms with Crippen LogP contribution in [0.5, 0.6) is 0 Å². The van der Waals surface area contributed by atoms with Gasteiger partial charge in [-0.25, -0.2) is 0 Å². The molecule has 0 atom stereocenters. The van der Waals surface area contributed by atoms with Crippen LogP contribution in [-0.2, 0) is 6.42 Å². The molecule has 2 aromatic rings. The zero-order valence-electron chi connectivity index (χ0n) is 10.5. The predicted octanol–water partition coefficient (Wildman–Crippen LogP) is 2.26. The second kappa shape index (κ2) is 4.72. The minimum absolute atomic E-state index is 0.0628. The highest BCUT2D eigenvalue weighted by molar-refractivity contribution is 6.05. The highest BCUT2D eigenvalue weighted by atomic mass is 16.2. The minimum atomic E-state index is -0.0628. The molecule has 0 bridgehead atoms. The van der Waals surface area contributed by atoms with Crippen LogP contribution in [0, 0.1) is 0 Å². The molecule has 0 saturated heterocycles. The molecule has 2 N–H and O–H groups in total. The number of aromatic nitrogens is 1. The molecule has 0 aliphatic carbocycles. The third-order valence-electron chi connectivity index (χ3n) is 3.36. The van der Waals surface area contributed by atoms with Crippen LogP contribution in [-0.4, -0.2) is 17.4 Å². The Morgan fingerprint density at radius 1 is 1.26 bits per heavy atom. The number of benzene rings is 1. The molecule has 4 nitrogen and oxygen atoms in total. The number of hydrogen-bond acceptors (Lipinski definition) is 3. The van der Waals surface area contributed by atoms with Crippen molar-refractivity contribution in [1.82, 2.24) is 4.98 Å². The largest absolute Gasteiger partial charge is 0.399 e. The maximum absolute atomic E-state index is 12.5. The van der Waals surface area contributed by atoms with E-state index >= 15 is 0 Å². The summed E-state index contributed by atoms with van der Waals surface area (Å²) < 4.78 is 0. The van der Waals surface area contributed by atoms with E-state index in [1.54, 1.807) is 23.2 Å². The van der Waals surface area contributed by atoms with Crippen molar-refractivity contribution >= 4 is 17.3 Å². The Morgan fingerprint density at radius 3 is 2.95 bits per heavy atom.